The largest absolute Gasteiger partial charge is 0.0716 e. The zero-order chi connectivity index (χ0) is 13.6. The van der Waals surface area contributed by atoms with E-state index in [1.54, 1.807) is 0 Å². The lowest BCUT2D eigenvalue weighted by molar-refractivity contribution is 1.29. The van der Waals surface area contributed by atoms with Gasteiger partial charge in [-0.1, -0.05) is 45.8 Å². The maximum Gasteiger partial charge on any atom is 0.0181 e. The van der Waals surface area contributed by atoms with Gasteiger partial charge in [0.15, 0.2) is 0 Å². The lowest BCUT2D eigenvalue weighted by atomic mass is 9.91. The molecule has 96 valence electrons. The van der Waals surface area contributed by atoms with Crippen molar-refractivity contribution in [2.24, 2.45) is 0 Å². The van der Waals surface area contributed by atoms with Crippen LogP contribution in [0.2, 0.25) is 0 Å². The Hall–Kier alpha value is -1.34. The lowest BCUT2D eigenvalue weighted by Gasteiger charge is -2.14. The second kappa shape index (κ2) is 4.64. The standard InChI is InChI=1S/C18H17Br/c1-11-8-12(2)18(13(3)9-11)16-7-5-14-4-6-15(19)10-17(14)16/h4,6-10H,5H2,1-3H3. The smallest absolute Gasteiger partial charge is 0.0181 e. The van der Waals surface area contributed by atoms with Crippen LogP contribution in [0, 0.1) is 20.8 Å². The van der Waals surface area contributed by atoms with E-state index in [1.807, 2.05) is 0 Å². The van der Waals surface area contributed by atoms with Crippen LogP contribution in [0.25, 0.3) is 5.57 Å². The fraction of sp³-hybridized carbons (Fsp3) is 0.222. The van der Waals surface area contributed by atoms with Crippen molar-refractivity contribution in [3.8, 4) is 0 Å². The Morgan fingerprint density at radius 2 is 1.63 bits per heavy atom. The predicted octanol–water partition coefficient (Wildman–Crippen LogP) is 5.36. The average Bonchev–Trinajstić information content (AvgIpc) is 2.71. The van der Waals surface area contributed by atoms with Gasteiger partial charge in [-0.3, -0.25) is 0 Å². The quantitative estimate of drug-likeness (QED) is 0.664. The predicted molar refractivity (Wildman–Crippen MR) is 85.6 cm³/mol. The summed E-state index contributed by atoms with van der Waals surface area (Å²) in [5.41, 5.74) is 9.69. The topological polar surface area (TPSA) is 0 Å². The third-order valence-corrected chi connectivity index (χ3v) is 4.33. The highest BCUT2D eigenvalue weighted by Crippen LogP contribution is 2.37. The molecule has 0 bridgehead atoms. The molecule has 2 aromatic rings. The highest BCUT2D eigenvalue weighted by molar-refractivity contribution is 9.10. The van der Waals surface area contributed by atoms with Crippen molar-refractivity contribution in [2.75, 3.05) is 0 Å². The number of fused-ring (bicyclic) bond motifs is 1. The molecule has 19 heavy (non-hydrogen) atoms. The average molecular weight is 313 g/mol. The molecule has 0 saturated carbocycles. The first kappa shape index (κ1) is 12.7. The van der Waals surface area contributed by atoms with Gasteiger partial charge in [0.25, 0.3) is 0 Å². The molecule has 2 aromatic carbocycles. The lowest BCUT2D eigenvalue weighted by Crippen LogP contribution is -1.95. The van der Waals surface area contributed by atoms with E-state index in [0.29, 0.717) is 0 Å². The van der Waals surface area contributed by atoms with Crippen molar-refractivity contribution in [3.05, 3.63) is 74.3 Å². The maximum atomic E-state index is 3.59. The van der Waals surface area contributed by atoms with Crippen LogP contribution in [-0.4, -0.2) is 0 Å². The minimum absolute atomic E-state index is 1.05. The number of rotatable bonds is 1. The van der Waals surface area contributed by atoms with Crippen molar-refractivity contribution >= 4 is 21.5 Å². The summed E-state index contributed by atoms with van der Waals surface area (Å²) in [6.45, 7) is 6.59. The van der Waals surface area contributed by atoms with Crippen LogP contribution >= 0.6 is 15.9 Å². The molecule has 0 aliphatic heterocycles. The third-order valence-electron chi connectivity index (χ3n) is 3.83. The molecule has 0 radical (unpaired) electrons. The fourth-order valence-electron chi connectivity index (χ4n) is 3.14. The molecule has 3 rings (SSSR count). The number of benzene rings is 2. The molecule has 0 amide bonds. The van der Waals surface area contributed by atoms with Gasteiger partial charge in [0, 0.05) is 4.47 Å². The van der Waals surface area contributed by atoms with Gasteiger partial charge in [-0.2, -0.15) is 0 Å². The highest BCUT2D eigenvalue weighted by atomic mass is 79.9. The fourth-order valence-corrected chi connectivity index (χ4v) is 3.50. The molecule has 0 saturated heterocycles. The van der Waals surface area contributed by atoms with E-state index in [0.717, 1.165) is 10.9 Å². The van der Waals surface area contributed by atoms with Crippen molar-refractivity contribution in [1.29, 1.82) is 0 Å². The maximum absolute atomic E-state index is 3.59. The number of hydrogen-bond acceptors (Lipinski definition) is 0. The first-order valence-corrected chi connectivity index (χ1v) is 7.43. The second-order valence-electron chi connectivity index (χ2n) is 5.40. The van der Waals surface area contributed by atoms with Crippen LogP contribution in [0.3, 0.4) is 0 Å². The molecule has 0 fully saturated rings. The van der Waals surface area contributed by atoms with Crippen molar-refractivity contribution in [3.63, 3.8) is 0 Å². The molecule has 0 spiro atoms. The van der Waals surface area contributed by atoms with E-state index in [-0.39, 0.29) is 0 Å². The molecular weight excluding hydrogens is 296 g/mol. The molecule has 0 N–H and O–H groups in total. The highest BCUT2D eigenvalue weighted by Gasteiger charge is 2.18. The minimum atomic E-state index is 1.05. The molecule has 1 aliphatic carbocycles. The van der Waals surface area contributed by atoms with E-state index >= 15 is 0 Å². The van der Waals surface area contributed by atoms with E-state index in [2.05, 4.69) is 73.1 Å². The number of halogens is 1. The van der Waals surface area contributed by atoms with Gasteiger partial charge in [0.1, 0.15) is 0 Å². The summed E-state index contributed by atoms with van der Waals surface area (Å²) in [4.78, 5) is 0. The van der Waals surface area contributed by atoms with E-state index < -0.39 is 0 Å². The second-order valence-corrected chi connectivity index (χ2v) is 6.31. The molecule has 0 aromatic heterocycles. The van der Waals surface area contributed by atoms with Gasteiger partial charge in [0.2, 0.25) is 0 Å². The first-order chi connectivity index (χ1) is 9.06. The molecule has 0 heterocycles. The van der Waals surface area contributed by atoms with Crippen molar-refractivity contribution in [2.45, 2.75) is 27.2 Å². The van der Waals surface area contributed by atoms with E-state index in [4.69, 9.17) is 0 Å². The summed E-state index contributed by atoms with van der Waals surface area (Å²) < 4.78 is 1.15. The number of aryl methyl sites for hydroxylation is 3. The Labute approximate surface area is 123 Å². The molecule has 1 aliphatic rings. The Kier molecular flexibility index (Phi) is 3.10. The Bertz CT molecular complexity index is 670. The van der Waals surface area contributed by atoms with Crippen molar-refractivity contribution in [1.82, 2.24) is 0 Å². The Morgan fingerprint density at radius 3 is 2.32 bits per heavy atom. The van der Waals surface area contributed by atoms with E-state index in [1.165, 1.54) is 39.0 Å². The summed E-state index contributed by atoms with van der Waals surface area (Å²) in [7, 11) is 0. The van der Waals surface area contributed by atoms with E-state index in [9.17, 15) is 0 Å². The summed E-state index contributed by atoms with van der Waals surface area (Å²) in [5, 5.41) is 0. The molecule has 0 unspecified atom stereocenters. The molecular formula is C18H17Br. The van der Waals surface area contributed by atoms with Crippen LogP contribution in [-0.2, 0) is 6.42 Å². The van der Waals surface area contributed by atoms with Crippen molar-refractivity contribution < 1.29 is 0 Å². The SMILES string of the molecule is Cc1cc(C)c(C2=CCc3ccc(Br)cc32)c(C)c1. The van der Waals surface area contributed by atoms with Crippen LogP contribution in [0.1, 0.15) is 33.4 Å². The van der Waals surface area contributed by atoms with Gasteiger partial charge in [0.05, 0.1) is 0 Å². The first-order valence-electron chi connectivity index (χ1n) is 6.63. The van der Waals surface area contributed by atoms with Gasteiger partial charge in [-0.15, -0.1) is 0 Å². The summed E-state index contributed by atoms with van der Waals surface area (Å²) >= 11 is 3.59. The van der Waals surface area contributed by atoms with Gasteiger partial charge in [-0.25, -0.2) is 0 Å². The molecule has 0 nitrogen and oxygen atoms in total. The monoisotopic (exact) mass is 312 g/mol. The van der Waals surface area contributed by atoms with Crippen LogP contribution < -0.4 is 0 Å². The normalized spacial score (nSPS) is 13.4. The van der Waals surface area contributed by atoms with Gasteiger partial charge >= 0.3 is 0 Å². The van der Waals surface area contributed by atoms with Gasteiger partial charge < -0.3 is 0 Å². The van der Waals surface area contributed by atoms with Crippen LogP contribution in [0.15, 0.2) is 40.9 Å². The molecule has 0 atom stereocenters. The van der Waals surface area contributed by atoms with Gasteiger partial charge in [-0.05, 0) is 72.7 Å². The zero-order valence-electron chi connectivity index (χ0n) is 11.5. The number of allylic oxidation sites excluding steroid dienone is 1. The summed E-state index contributed by atoms with van der Waals surface area (Å²) in [6.07, 6.45) is 3.41. The summed E-state index contributed by atoms with van der Waals surface area (Å²) in [6, 6.07) is 11.2. The zero-order valence-corrected chi connectivity index (χ0v) is 13.1. The summed E-state index contributed by atoms with van der Waals surface area (Å²) in [5.74, 6) is 0. The Balaban J connectivity index is 2.19. The third kappa shape index (κ3) is 2.17. The minimum Gasteiger partial charge on any atom is -0.0716 e. The van der Waals surface area contributed by atoms with Crippen LogP contribution in [0.4, 0.5) is 0 Å². The van der Waals surface area contributed by atoms with Crippen LogP contribution in [0.5, 0.6) is 0 Å². The Morgan fingerprint density at radius 1 is 0.947 bits per heavy atom. The number of hydrogen-bond donors (Lipinski definition) is 0. The molecule has 1 heteroatoms.